The zero-order valence-corrected chi connectivity index (χ0v) is 14.7. The third kappa shape index (κ3) is 5.69. The van der Waals surface area contributed by atoms with Crippen LogP contribution in [-0.2, 0) is 11.3 Å². The predicted molar refractivity (Wildman–Crippen MR) is 98.6 cm³/mol. The molecular weight excluding hydrogens is 318 g/mol. The lowest BCUT2D eigenvalue weighted by Gasteiger charge is -2.17. The van der Waals surface area contributed by atoms with Crippen molar-refractivity contribution in [1.29, 1.82) is 0 Å². The summed E-state index contributed by atoms with van der Waals surface area (Å²) < 4.78 is 0. The van der Waals surface area contributed by atoms with E-state index in [1.54, 1.807) is 12.1 Å². The van der Waals surface area contributed by atoms with Crippen LogP contribution in [-0.4, -0.2) is 29.3 Å². The van der Waals surface area contributed by atoms with Crippen molar-refractivity contribution >= 4 is 17.3 Å². The Balaban J connectivity index is 1.89. The van der Waals surface area contributed by atoms with Crippen molar-refractivity contribution in [2.45, 2.75) is 26.3 Å². The Morgan fingerprint density at radius 1 is 1.20 bits per heavy atom. The van der Waals surface area contributed by atoms with E-state index < -0.39 is 4.92 Å². The molecule has 6 heteroatoms. The molecular formula is C19H23N3O3. The van der Waals surface area contributed by atoms with Gasteiger partial charge in [0.1, 0.15) is 0 Å². The van der Waals surface area contributed by atoms with Gasteiger partial charge in [0.25, 0.3) is 5.69 Å². The maximum atomic E-state index is 12.1. The smallest absolute Gasteiger partial charge is 0.271 e. The first-order valence-corrected chi connectivity index (χ1v) is 8.17. The number of benzene rings is 2. The van der Waals surface area contributed by atoms with E-state index in [0.717, 1.165) is 5.56 Å². The molecule has 0 aliphatic rings. The fourth-order valence-corrected chi connectivity index (χ4v) is 2.52. The summed E-state index contributed by atoms with van der Waals surface area (Å²) in [7, 11) is 1.86. The zero-order valence-electron chi connectivity index (χ0n) is 14.7. The van der Waals surface area contributed by atoms with Crippen LogP contribution < -0.4 is 5.32 Å². The second-order valence-electron chi connectivity index (χ2n) is 6.42. The van der Waals surface area contributed by atoms with Crippen molar-refractivity contribution < 1.29 is 9.72 Å². The molecule has 0 fully saturated rings. The fraction of sp³-hybridized carbons (Fsp3) is 0.316. The number of hydrogen-bond donors (Lipinski definition) is 1. The highest BCUT2D eigenvalue weighted by atomic mass is 16.6. The molecule has 2 aromatic rings. The quantitative estimate of drug-likeness (QED) is 0.614. The molecule has 0 spiro atoms. The minimum Gasteiger partial charge on any atom is -0.325 e. The number of hydrogen-bond acceptors (Lipinski definition) is 4. The second-order valence-corrected chi connectivity index (χ2v) is 6.42. The lowest BCUT2D eigenvalue weighted by molar-refractivity contribution is -0.384. The van der Waals surface area contributed by atoms with Crippen LogP contribution in [0, 0.1) is 10.1 Å². The van der Waals surface area contributed by atoms with Gasteiger partial charge in [-0.1, -0.05) is 44.2 Å². The summed E-state index contributed by atoms with van der Waals surface area (Å²) in [6, 6.07) is 14.3. The summed E-state index contributed by atoms with van der Waals surface area (Å²) in [5.74, 6) is 0.286. The van der Waals surface area contributed by atoms with Crippen LogP contribution in [0.25, 0.3) is 0 Å². The highest BCUT2D eigenvalue weighted by Crippen LogP contribution is 2.17. The molecule has 1 amide bonds. The monoisotopic (exact) mass is 341 g/mol. The Kier molecular flexibility index (Phi) is 6.25. The van der Waals surface area contributed by atoms with Gasteiger partial charge in [-0.15, -0.1) is 0 Å². The van der Waals surface area contributed by atoms with Gasteiger partial charge in [-0.25, -0.2) is 0 Å². The molecule has 0 saturated heterocycles. The first-order valence-electron chi connectivity index (χ1n) is 8.17. The number of nitro groups is 1. The molecule has 0 saturated carbocycles. The maximum absolute atomic E-state index is 12.1. The van der Waals surface area contributed by atoms with Gasteiger partial charge in [-0.2, -0.15) is 0 Å². The molecule has 2 rings (SSSR count). The standard InChI is InChI=1S/C19H23N3O3/c1-14(2)16-9-7-15(8-10-16)12-21(3)13-19(23)20-17-5-4-6-18(11-17)22(24)25/h4-11,14H,12-13H2,1-3H3,(H,20,23). The molecule has 0 heterocycles. The molecule has 25 heavy (non-hydrogen) atoms. The van der Waals surface area contributed by atoms with Crippen LogP contribution in [0.3, 0.4) is 0 Å². The largest absolute Gasteiger partial charge is 0.325 e. The van der Waals surface area contributed by atoms with Crippen molar-refractivity contribution in [2.75, 3.05) is 18.9 Å². The zero-order chi connectivity index (χ0) is 18.4. The Morgan fingerprint density at radius 2 is 1.88 bits per heavy atom. The van der Waals surface area contributed by atoms with Gasteiger partial charge in [-0.05, 0) is 30.2 Å². The number of nitrogens with zero attached hydrogens (tertiary/aromatic N) is 2. The number of non-ortho nitro benzene ring substituents is 1. The normalized spacial score (nSPS) is 10.9. The highest BCUT2D eigenvalue weighted by Gasteiger charge is 2.10. The van der Waals surface area contributed by atoms with E-state index in [1.165, 1.54) is 17.7 Å². The minimum absolute atomic E-state index is 0.0450. The van der Waals surface area contributed by atoms with Crippen molar-refractivity contribution in [3.05, 3.63) is 69.8 Å². The van der Waals surface area contributed by atoms with Crippen molar-refractivity contribution in [1.82, 2.24) is 4.90 Å². The van der Waals surface area contributed by atoms with E-state index in [2.05, 4.69) is 43.4 Å². The summed E-state index contributed by atoms with van der Waals surface area (Å²) in [5, 5.41) is 13.5. The summed E-state index contributed by atoms with van der Waals surface area (Å²) in [4.78, 5) is 24.3. The maximum Gasteiger partial charge on any atom is 0.271 e. The SMILES string of the molecule is CC(C)c1ccc(CN(C)CC(=O)Nc2cccc([N+](=O)[O-])c2)cc1. The number of carbonyl (C=O) groups excluding carboxylic acids is 1. The lowest BCUT2D eigenvalue weighted by Crippen LogP contribution is -2.29. The van der Waals surface area contributed by atoms with Gasteiger partial charge < -0.3 is 5.32 Å². The number of nitrogens with one attached hydrogen (secondary N) is 1. The molecule has 2 aromatic carbocycles. The third-order valence-corrected chi connectivity index (χ3v) is 3.85. The van der Waals surface area contributed by atoms with Crippen LogP contribution in [0.4, 0.5) is 11.4 Å². The Labute approximate surface area is 147 Å². The van der Waals surface area contributed by atoms with Crippen molar-refractivity contribution in [3.63, 3.8) is 0 Å². The molecule has 0 aromatic heterocycles. The topological polar surface area (TPSA) is 75.5 Å². The Morgan fingerprint density at radius 3 is 2.48 bits per heavy atom. The predicted octanol–water partition coefficient (Wildman–Crippen LogP) is 3.79. The average molecular weight is 341 g/mol. The van der Waals surface area contributed by atoms with E-state index >= 15 is 0 Å². The van der Waals surface area contributed by atoms with Crippen LogP contribution in [0.1, 0.15) is 30.9 Å². The minimum atomic E-state index is -0.484. The Hall–Kier alpha value is -2.73. The van der Waals surface area contributed by atoms with Crippen LogP contribution in [0.2, 0.25) is 0 Å². The molecule has 132 valence electrons. The van der Waals surface area contributed by atoms with Crippen LogP contribution in [0.15, 0.2) is 48.5 Å². The van der Waals surface area contributed by atoms with E-state index in [1.807, 2.05) is 11.9 Å². The summed E-state index contributed by atoms with van der Waals surface area (Å²) >= 11 is 0. The van der Waals surface area contributed by atoms with Gasteiger partial charge in [0.2, 0.25) is 5.91 Å². The summed E-state index contributed by atoms with van der Waals surface area (Å²) in [5.41, 5.74) is 2.80. The highest BCUT2D eigenvalue weighted by molar-refractivity contribution is 5.92. The van der Waals surface area contributed by atoms with Gasteiger partial charge >= 0.3 is 0 Å². The summed E-state index contributed by atoms with van der Waals surface area (Å²) in [6.45, 7) is 5.16. The molecule has 0 radical (unpaired) electrons. The van der Waals surface area contributed by atoms with Crippen molar-refractivity contribution in [3.8, 4) is 0 Å². The molecule has 0 aliphatic carbocycles. The first kappa shape index (κ1) is 18.6. The van der Waals surface area contributed by atoms with E-state index in [4.69, 9.17) is 0 Å². The van der Waals surface area contributed by atoms with Gasteiger partial charge in [0.15, 0.2) is 0 Å². The van der Waals surface area contributed by atoms with Crippen LogP contribution in [0.5, 0.6) is 0 Å². The van der Waals surface area contributed by atoms with E-state index in [9.17, 15) is 14.9 Å². The fourth-order valence-electron chi connectivity index (χ4n) is 2.52. The number of nitro benzene ring substituents is 1. The number of likely N-dealkylation sites (N-methyl/N-ethyl adjacent to an activating group) is 1. The Bertz CT molecular complexity index is 742. The first-order chi connectivity index (χ1) is 11.8. The molecule has 6 nitrogen and oxygen atoms in total. The molecule has 0 bridgehead atoms. The average Bonchev–Trinajstić information content (AvgIpc) is 2.55. The number of rotatable bonds is 7. The summed E-state index contributed by atoms with van der Waals surface area (Å²) in [6.07, 6.45) is 0. The molecule has 0 unspecified atom stereocenters. The molecule has 0 aliphatic heterocycles. The van der Waals surface area contributed by atoms with Crippen LogP contribution >= 0.6 is 0 Å². The third-order valence-electron chi connectivity index (χ3n) is 3.85. The van der Waals surface area contributed by atoms with Gasteiger partial charge in [0, 0.05) is 24.4 Å². The van der Waals surface area contributed by atoms with Gasteiger partial charge in [-0.3, -0.25) is 19.8 Å². The van der Waals surface area contributed by atoms with Gasteiger partial charge in [0.05, 0.1) is 11.5 Å². The number of amides is 1. The molecule has 1 N–H and O–H groups in total. The lowest BCUT2D eigenvalue weighted by atomic mass is 10.0. The second kappa shape index (κ2) is 8.39. The number of anilines is 1. The molecule has 0 atom stereocenters. The van der Waals surface area contributed by atoms with Crippen molar-refractivity contribution in [2.24, 2.45) is 0 Å². The van der Waals surface area contributed by atoms with E-state index in [-0.39, 0.29) is 18.1 Å². The number of carbonyl (C=O) groups is 1. The van der Waals surface area contributed by atoms with E-state index in [0.29, 0.717) is 18.2 Å².